The van der Waals surface area contributed by atoms with Crippen LogP contribution in [0.5, 0.6) is 0 Å². The number of carboxylic acid groups (broad SMARTS) is 1. The van der Waals surface area contributed by atoms with Gasteiger partial charge in [0.1, 0.15) is 0 Å². The second kappa shape index (κ2) is 18.7. The van der Waals surface area contributed by atoms with Crippen LogP contribution in [0.15, 0.2) is 48.8 Å². The number of morpholine rings is 1. The molecule has 0 spiro atoms. The molecule has 0 saturated carbocycles. The molecule has 3 aromatic rings. The summed E-state index contributed by atoms with van der Waals surface area (Å²) in [5.74, 6) is -1.04. The summed E-state index contributed by atoms with van der Waals surface area (Å²) in [4.78, 5) is 24.5. The van der Waals surface area contributed by atoms with Gasteiger partial charge in [0.15, 0.2) is 0 Å². The fraction of sp³-hybridized carbons (Fsp3) is 0.500. The van der Waals surface area contributed by atoms with Gasteiger partial charge < -0.3 is 26.0 Å². The molecule has 1 aliphatic rings. The van der Waals surface area contributed by atoms with Gasteiger partial charge in [-0.05, 0) is 67.3 Å². The Morgan fingerprint density at radius 3 is 1.92 bits per heavy atom. The molecule has 1 fully saturated rings. The number of carboxylic acids is 1. The summed E-state index contributed by atoms with van der Waals surface area (Å²) >= 11 is 0. The van der Waals surface area contributed by atoms with Crippen LogP contribution in [-0.2, 0) is 41.1 Å². The first-order valence-corrected chi connectivity index (χ1v) is 16.3. The summed E-state index contributed by atoms with van der Waals surface area (Å²) in [5, 5.41) is 8.87. The molecule has 2 aromatic carbocycles. The van der Waals surface area contributed by atoms with E-state index in [9.17, 15) is 44.3 Å². The quantitative estimate of drug-likeness (QED) is 0.123. The Balaban J connectivity index is 0.00000486. The number of nitrogens with zero attached hydrogens (tertiary/aromatic N) is 5. The van der Waals surface area contributed by atoms with E-state index in [0.29, 0.717) is 88.6 Å². The second-order valence-electron chi connectivity index (χ2n) is 12.1. The van der Waals surface area contributed by atoms with Crippen LogP contribution in [0.2, 0.25) is 0 Å². The van der Waals surface area contributed by atoms with E-state index in [1.54, 1.807) is 6.92 Å². The fourth-order valence-electron chi connectivity index (χ4n) is 5.77. The third-order valence-electron chi connectivity index (χ3n) is 8.36. The first kappa shape index (κ1) is 43.1. The summed E-state index contributed by atoms with van der Waals surface area (Å²) in [6, 6.07) is 4.26. The van der Waals surface area contributed by atoms with Crippen LogP contribution in [0.3, 0.4) is 0 Å². The van der Waals surface area contributed by atoms with Gasteiger partial charge in [-0.1, -0.05) is 12.8 Å². The molecule has 4 rings (SSSR count). The molecule has 8 nitrogen and oxygen atoms in total. The zero-order valence-electron chi connectivity index (χ0n) is 29.7. The van der Waals surface area contributed by atoms with Crippen molar-refractivity contribution >= 4 is 23.3 Å². The Morgan fingerprint density at radius 2 is 1.38 bits per heavy atom. The minimum Gasteiger partial charge on any atom is -1.00 e. The zero-order chi connectivity index (χ0) is 37.4. The Bertz CT molecular complexity index is 1570. The first-order chi connectivity index (χ1) is 24.0. The van der Waals surface area contributed by atoms with E-state index in [4.69, 9.17) is 9.84 Å². The summed E-state index contributed by atoms with van der Waals surface area (Å²) in [5.41, 5.74) is -3.39. The minimum absolute atomic E-state index is 0. The molecule has 1 aromatic heterocycles. The number of aliphatic carboxylic acids is 1. The number of unbranched alkanes of at least 4 members (excludes halogenated alkanes) is 3. The summed E-state index contributed by atoms with van der Waals surface area (Å²) in [6.45, 7) is 3.49. The Hall–Kier alpha value is -3.28. The molecule has 1 N–H and O–H groups in total. The van der Waals surface area contributed by atoms with Crippen LogP contribution in [0, 0.1) is 0 Å². The van der Waals surface area contributed by atoms with Crippen LogP contribution in [0.1, 0.15) is 68.3 Å². The maximum atomic E-state index is 14.0. The molecule has 0 atom stereocenters. The fourth-order valence-corrected chi connectivity index (χ4v) is 5.77. The zero-order valence-corrected chi connectivity index (χ0v) is 30.7. The third-order valence-corrected chi connectivity index (χ3v) is 8.36. The monoisotopic (exact) mass is 759 g/mol. The second-order valence-corrected chi connectivity index (χ2v) is 12.1. The number of hydrogen-bond acceptors (Lipinski definition) is 7. The number of aromatic nitrogens is 2. The first-order valence-electron chi connectivity index (χ1n) is 16.3. The van der Waals surface area contributed by atoms with E-state index in [1.165, 1.54) is 23.4 Å². The molecular formula is C34H39F9N5NaO3. The molecule has 1 aliphatic heterocycles. The molecule has 0 bridgehead atoms. The number of rotatable bonds is 15. The van der Waals surface area contributed by atoms with E-state index < -0.39 is 59.8 Å². The Labute approximate surface area is 318 Å². The van der Waals surface area contributed by atoms with Gasteiger partial charge in [-0.2, -0.15) is 39.5 Å². The molecule has 0 aliphatic carbocycles. The normalized spacial score (nSPS) is 13.8. The van der Waals surface area contributed by atoms with E-state index >= 15 is 0 Å². The number of hydrogen-bond donors (Lipinski definition) is 1. The van der Waals surface area contributed by atoms with Crippen molar-refractivity contribution in [2.24, 2.45) is 0 Å². The number of benzene rings is 2. The van der Waals surface area contributed by atoms with Crippen molar-refractivity contribution < 1.29 is 85.1 Å². The van der Waals surface area contributed by atoms with Gasteiger partial charge in [0.25, 0.3) is 0 Å². The van der Waals surface area contributed by atoms with Crippen LogP contribution in [-0.4, -0.2) is 60.4 Å². The van der Waals surface area contributed by atoms with Crippen molar-refractivity contribution in [1.82, 2.24) is 9.97 Å². The molecule has 52 heavy (non-hydrogen) atoms. The van der Waals surface area contributed by atoms with Gasteiger partial charge in [-0.15, -0.1) is 0 Å². The SMILES string of the molecule is CCN(CCCCCCC(=O)O)c1ccc(C(F)(F)F)cc1CN(Cc1cc(C(F)(F)F)cc(C(F)(F)F)c1)c1ncc(N2CCOCC2)cn1.[H-].[Na+]. The van der Waals surface area contributed by atoms with Gasteiger partial charge in [-0.25, -0.2) is 9.97 Å². The van der Waals surface area contributed by atoms with Crippen molar-refractivity contribution in [3.05, 3.63) is 76.6 Å². The Morgan fingerprint density at radius 1 is 0.808 bits per heavy atom. The molecule has 1 saturated heterocycles. The van der Waals surface area contributed by atoms with E-state index in [0.717, 1.165) is 12.1 Å². The van der Waals surface area contributed by atoms with Crippen LogP contribution >= 0.6 is 0 Å². The Kier molecular flexibility index (Phi) is 15.5. The predicted octanol–water partition coefficient (Wildman–Crippen LogP) is 5.55. The van der Waals surface area contributed by atoms with Crippen molar-refractivity contribution in [2.45, 2.75) is 70.6 Å². The number of halogens is 9. The van der Waals surface area contributed by atoms with E-state index in [2.05, 4.69) is 9.97 Å². The maximum absolute atomic E-state index is 14.0. The molecule has 0 unspecified atom stereocenters. The number of ether oxygens (including phenoxy) is 1. The van der Waals surface area contributed by atoms with Crippen LogP contribution in [0.25, 0.3) is 0 Å². The van der Waals surface area contributed by atoms with Crippen molar-refractivity contribution in [2.75, 3.05) is 54.1 Å². The van der Waals surface area contributed by atoms with Crippen molar-refractivity contribution in [1.29, 1.82) is 0 Å². The maximum Gasteiger partial charge on any atom is 1.00 e. The summed E-state index contributed by atoms with van der Waals surface area (Å²) in [7, 11) is 0. The van der Waals surface area contributed by atoms with Crippen LogP contribution < -0.4 is 44.3 Å². The molecule has 0 amide bonds. The van der Waals surface area contributed by atoms with Crippen molar-refractivity contribution in [3.8, 4) is 0 Å². The smallest absolute Gasteiger partial charge is 1.00 e. The number of alkyl halides is 9. The average molecular weight is 760 g/mol. The van der Waals surface area contributed by atoms with Gasteiger partial charge in [-0.3, -0.25) is 4.79 Å². The van der Waals surface area contributed by atoms with Gasteiger partial charge in [0.05, 0.1) is 48.0 Å². The molecule has 18 heteroatoms. The van der Waals surface area contributed by atoms with E-state index in [-0.39, 0.29) is 55.0 Å². The summed E-state index contributed by atoms with van der Waals surface area (Å²) in [6.07, 6.45) is -9.74. The van der Waals surface area contributed by atoms with E-state index in [1.807, 2.05) is 9.80 Å². The van der Waals surface area contributed by atoms with Gasteiger partial charge in [0.2, 0.25) is 5.95 Å². The van der Waals surface area contributed by atoms with Crippen LogP contribution in [0.4, 0.5) is 56.8 Å². The summed E-state index contributed by atoms with van der Waals surface area (Å²) < 4.78 is 130. The number of anilines is 3. The average Bonchev–Trinajstić information content (AvgIpc) is 3.07. The predicted molar refractivity (Wildman–Crippen MR) is 173 cm³/mol. The minimum atomic E-state index is -5.11. The standard InChI is InChI=1S/C34H38F9N5O3.Na.H/c1-2-46(10-6-4-3-5-7-30(49)50)29-9-8-25(32(35,36)37)17-24(29)22-48(31-44-19-28(20-45-31)47-11-13-51-14-12-47)21-23-15-26(33(38,39)40)18-27(16-23)34(41,42)43;;/h8-9,15-20H,2-7,10-14,21-22H2,1H3,(H,49,50);;/q;+1;-1. The van der Waals surface area contributed by atoms with Crippen molar-refractivity contribution in [3.63, 3.8) is 0 Å². The molecule has 0 radical (unpaired) electrons. The topological polar surface area (TPSA) is 82.0 Å². The molecular weight excluding hydrogens is 720 g/mol. The molecule has 2 heterocycles. The molecule has 282 valence electrons. The van der Waals surface area contributed by atoms with Gasteiger partial charge >= 0.3 is 54.1 Å². The third kappa shape index (κ3) is 12.4. The number of carbonyl (C=O) groups is 1. The van der Waals surface area contributed by atoms with Gasteiger partial charge in [0, 0.05) is 51.4 Å². The largest absolute Gasteiger partial charge is 1.00 e.